The molecule has 0 fully saturated rings. The van der Waals surface area contributed by atoms with Gasteiger partial charge in [-0.2, -0.15) is 0 Å². The standard InChI is InChI=1S/C13H20N2/c1-4-5-6-13(15-14)12-8-10(2)7-11(3)9-12/h4,7-9,13,15H,1,5-6,14H2,2-3H3. The number of benzene rings is 1. The molecular weight excluding hydrogens is 184 g/mol. The number of allylic oxidation sites excluding steroid dienone is 1. The number of nitrogens with one attached hydrogen (secondary N) is 1. The topological polar surface area (TPSA) is 38.0 Å². The third-order valence-electron chi connectivity index (χ3n) is 2.51. The summed E-state index contributed by atoms with van der Waals surface area (Å²) in [6, 6.07) is 6.76. The van der Waals surface area contributed by atoms with Gasteiger partial charge < -0.3 is 0 Å². The zero-order valence-electron chi connectivity index (χ0n) is 9.59. The molecule has 0 aliphatic carbocycles. The van der Waals surface area contributed by atoms with E-state index < -0.39 is 0 Å². The first kappa shape index (κ1) is 12.0. The Balaban J connectivity index is 2.85. The maximum Gasteiger partial charge on any atom is 0.0463 e. The van der Waals surface area contributed by atoms with E-state index in [0.717, 1.165) is 12.8 Å². The van der Waals surface area contributed by atoms with E-state index in [0.29, 0.717) is 0 Å². The Morgan fingerprint density at radius 3 is 2.40 bits per heavy atom. The van der Waals surface area contributed by atoms with Crippen LogP contribution in [0.5, 0.6) is 0 Å². The first-order chi connectivity index (χ1) is 7.17. The highest BCUT2D eigenvalue weighted by Crippen LogP contribution is 2.20. The molecular formula is C13H20N2. The maximum atomic E-state index is 5.56. The molecule has 0 amide bonds. The summed E-state index contributed by atoms with van der Waals surface area (Å²) in [7, 11) is 0. The van der Waals surface area contributed by atoms with Gasteiger partial charge in [0.2, 0.25) is 0 Å². The molecule has 0 aliphatic rings. The molecule has 1 rings (SSSR count). The number of rotatable bonds is 5. The van der Waals surface area contributed by atoms with Gasteiger partial charge in [0.05, 0.1) is 0 Å². The van der Waals surface area contributed by atoms with Crippen LogP contribution in [0.25, 0.3) is 0 Å². The van der Waals surface area contributed by atoms with Gasteiger partial charge in [-0.1, -0.05) is 35.4 Å². The summed E-state index contributed by atoms with van der Waals surface area (Å²) in [6.45, 7) is 7.94. The zero-order chi connectivity index (χ0) is 11.3. The molecule has 1 atom stereocenters. The fourth-order valence-corrected chi connectivity index (χ4v) is 1.84. The van der Waals surface area contributed by atoms with Crippen LogP contribution >= 0.6 is 0 Å². The Hall–Kier alpha value is -1.12. The van der Waals surface area contributed by atoms with Gasteiger partial charge in [-0.25, -0.2) is 0 Å². The largest absolute Gasteiger partial charge is 0.271 e. The Morgan fingerprint density at radius 1 is 1.33 bits per heavy atom. The van der Waals surface area contributed by atoms with Crippen molar-refractivity contribution in [3.8, 4) is 0 Å². The van der Waals surface area contributed by atoms with E-state index >= 15 is 0 Å². The molecule has 2 nitrogen and oxygen atoms in total. The van der Waals surface area contributed by atoms with E-state index in [1.807, 2.05) is 6.08 Å². The molecule has 0 saturated heterocycles. The highest BCUT2D eigenvalue weighted by Gasteiger charge is 2.08. The monoisotopic (exact) mass is 204 g/mol. The fourth-order valence-electron chi connectivity index (χ4n) is 1.84. The van der Waals surface area contributed by atoms with Gasteiger partial charge in [-0.05, 0) is 32.3 Å². The van der Waals surface area contributed by atoms with Crippen molar-refractivity contribution in [3.05, 3.63) is 47.5 Å². The molecule has 0 bridgehead atoms. The number of hydrogen-bond acceptors (Lipinski definition) is 2. The molecule has 0 radical (unpaired) electrons. The molecule has 3 N–H and O–H groups in total. The number of nitrogens with two attached hydrogens (primary N) is 1. The van der Waals surface area contributed by atoms with E-state index in [-0.39, 0.29) is 6.04 Å². The van der Waals surface area contributed by atoms with Gasteiger partial charge in [0.15, 0.2) is 0 Å². The summed E-state index contributed by atoms with van der Waals surface area (Å²) >= 11 is 0. The fraction of sp³-hybridized carbons (Fsp3) is 0.385. The van der Waals surface area contributed by atoms with Gasteiger partial charge in [0.1, 0.15) is 0 Å². The van der Waals surface area contributed by atoms with Crippen LogP contribution < -0.4 is 11.3 Å². The van der Waals surface area contributed by atoms with Gasteiger partial charge in [-0.15, -0.1) is 6.58 Å². The predicted molar refractivity (Wildman–Crippen MR) is 65.4 cm³/mol. The van der Waals surface area contributed by atoms with Crippen molar-refractivity contribution >= 4 is 0 Å². The summed E-state index contributed by atoms with van der Waals surface area (Å²) in [5.74, 6) is 5.56. The lowest BCUT2D eigenvalue weighted by Gasteiger charge is -2.16. The molecule has 1 unspecified atom stereocenters. The van der Waals surface area contributed by atoms with Crippen LogP contribution in [-0.4, -0.2) is 0 Å². The molecule has 1 aromatic carbocycles. The SMILES string of the molecule is C=CCCC(NN)c1cc(C)cc(C)c1. The smallest absolute Gasteiger partial charge is 0.0463 e. The summed E-state index contributed by atoms with van der Waals surface area (Å²) < 4.78 is 0. The van der Waals surface area contributed by atoms with Crippen LogP contribution in [0, 0.1) is 13.8 Å². The Bertz CT molecular complexity index is 311. The normalized spacial score (nSPS) is 12.5. The average molecular weight is 204 g/mol. The Kier molecular flexibility index (Phi) is 4.53. The highest BCUT2D eigenvalue weighted by molar-refractivity contribution is 5.30. The molecule has 0 spiro atoms. The Labute approximate surface area is 92.2 Å². The quantitative estimate of drug-likeness (QED) is 0.440. The predicted octanol–water partition coefficient (Wildman–Crippen LogP) is 2.77. The lowest BCUT2D eigenvalue weighted by atomic mass is 9.98. The van der Waals surface area contributed by atoms with Crippen LogP contribution in [0.3, 0.4) is 0 Å². The molecule has 0 heterocycles. The summed E-state index contributed by atoms with van der Waals surface area (Å²) in [6.07, 6.45) is 3.89. The van der Waals surface area contributed by atoms with Crippen molar-refractivity contribution in [3.63, 3.8) is 0 Å². The van der Waals surface area contributed by atoms with Gasteiger partial charge >= 0.3 is 0 Å². The second-order valence-corrected chi connectivity index (χ2v) is 4.01. The molecule has 0 saturated carbocycles. The maximum absolute atomic E-state index is 5.56. The van der Waals surface area contributed by atoms with Crippen LogP contribution in [-0.2, 0) is 0 Å². The first-order valence-corrected chi connectivity index (χ1v) is 5.32. The summed E-state index contributed by atoms with van der Waals surface area (Å²) in [5.41, 5.74) is 6.68. The van der Waals surface area contributed by atoms with Crippen molar-refractivity contribution < 1.29 is 0 Å². The number of hydrazine groups is 1. The van der Waals surface area contributed by atoms with E-state index in [4.69, 9.17) is 5.84 Å². The van der Waals surface area contributed by atoms with Crippen molar-refractivity contribution in [2.45, 2.75) is 32.7 Å². The summed E-state index contributed by atoms with van der Waals surface area (Å²) in [5, 5.41) is 0. The molecule has 0 aliphatic heterocycles. The van der Waals surface area contributed by atoms with Gasteiger partial charge in [-0.3, -0.25) is 11.3 Å². The van der Waals surface area contributed by atoms with Crippen LogP contribution in [0.4, 0.5) is 0 Å². The lowest BCUT2D eigenvalue weighted by Crippen LogP contribution is -2.28. The van der Waals surface area contributed by atoms with Gasteiger partial charge in [0.25, 0.3) is 0 Å². The molecule has 82 valence electrons. The second kappa shape index (κ2) is 5.69. The van der Waals surface area contributed by atoms with Gasteiger partial charge in [0, 0.05) is 6.04 Å². The average Bonchev–Trinajstić information content (AvgIpc) is 2.17. The molecule has 2 heteroatoms. The van der Waals surface area contributed by atoms with Crippen molar-refractivity contribution in [2.24, 2.45) is 5.84 Å². The van der Waals surface area contributed by atoms with E-state index in [2.05, 4.69) is 44.1 Å². The molecule has 1 aromatic rings. The molecule has 15 heavy (non-hydrogen) atoms. The van der Waals surface area contributed by atoms with E-state index in [1.54, 1.807) is 0 Å². The van der Waals surface area contributed by atoms with Crippen molar-refractivity contribution in [1.82, 2.24) is 5.43 Å². The number of aryl methyl sites for hydroxylation is 2. The Morgan fingerprint density at radius 2 is 1.93 bits per heavy atom. The minimum Gasteiger partial charge on any atom is -0.271 e. The minimum absolute atomic E-state index is 0.224. The lowest BCUT2D eigenvalue weighted by molar-refractivity contribution is 0.520. The second-order valence-electron chi connectivity index (χ2n) is 4.01. The third kappa shape index (κ3) is 3.50. The molecule has 0 aromatic heterocycles. The summed E-state index contributed by atoms with van der Waals surface area (Å²) in [4.78, 5) is 0. The van der Waals surface area contributed by atoms with E-state index in [9.17, 15) is 0 Å². The van der Waals surface area contributed by atoms with Crippen LogP contribution in [0.1, 0.15) is 35.6 Å². The zero-order valence-corrected chi connectivity index (χ0v) is 9.59. The van der Waals surface area contributed by atoms with Crippen LogP contribution in [0.2, 0.25) is 0 Å². The van der Waals surface area contributed by atoms with E-state index in [1.165, 1.54) is 16.7 Å². The highest BCUT2D eigenvalue weighted by atomic mass is 15.2. The van der Waals surface area contributed by atoms with Crippen LogP contribution in [0.15, 0.2) is 30.9 Å². The third-order valence-corrected chi connectivity index (χ3v) is 2.51. The number of hydrogen-bond donors (Lipinski definition) is 2. The van der Waals surface area contributed by atoms with Crippen molar-refractivity contribution in [2.75, 3.05) is 0 Å². The minimum atomic E-state index is 0.224. The van der Waals surface area contributed by atoms with Crippen molar-refractivity contribution in [1.29, 1.82) is 0 Å². The first-order valence-electron chi connectivity index (χ1n) is 5.32.